The second kappa shape index (κ2) is 2.21. The molecule has 0 spiro atoms. The Labute approximate surface area is 61.8 Å². The zero-order chi connectivity index (χ0) is 7.14. The summed E-state index contributed by atoms with van der Waals surface area (Å²) in [6.07, 6.45) is 3.65. The summed E-state index contributed by atoms with van der Waals surface area (Å²) in [6.45, 7) is 3.21. The number of nitrogens with zero attached hydrogens (tertiary/aromatic N) is 1. The quantitative estimate of drug-likeness (QED) is 0.552. The molecule has 2 rings (SSSR count). The maximum Gasteiger partial charge on any atom is 0.0355 e. The van der Waals surface area contributed by atoms with Crippen LogP contribution in [0.25, 0.3) is 0 Å². The number of fused-ring (bicyclic) bond motifs is 2. The summed E-state index contributed by atoms with van der Waals surface area (Å²) in [5.41, 5.74) is 0. The number of hydrogen-bond donors (Lipinski definition) is 1. The van der Waals surface area contributed by atoms with E-state index in [1.165, 1.54) is 19.3 Å². The fraction of sp³-hybridized carbons (Fsp3) is 1.00. The minimum atomic E-state index is 0.494. The van der Waals surface area contributed by atoms with Crippen LogP contribution in [-0.4, -0.2) is 22.9 Å². The van der Waals surface area contributed by atoms with E-state index in [1.54, 1.807) is 5.06 Å². The van der Waals surface area contributed by atoms with Crippen LogP contribution in [0.2, 0.25) is 0 Å². The van der Waals surface area contributed by atoms with Gasteiger partial charge in [-0.15, -0.1) is 0 Å². The predicted molar refractivity (Wildman–Crippen MR) is 38.8 cm³/mol. The first-order valence-electron chi connectivity index (χ1n) is 4.23. The molecule has 1 N–H and O–H groups in total. The highest BCUT2D eigenvalue weighted by molar-refractivity contribution is 4.88. The Morgan fingerprint density at radius 2 is 2.20 bits per heavy atom. The minimum Gasteiger partial charge on any atom is -0.314 e. The first-order chi connectivity index (χ1) is 4.77. The minimum absolute atomic E-state index is 0.494. The fourth-order valence-corrected chi connectivity index (χ4v) is 2.43. The lowest BCUT2D eigenvalue weighted by molar-refractivity contribution is -0.137. The van der Waals surface area contributed by atoms with E-state index in [4.69, 9.17) is 0 Å². The summed E-state index contributed by atoms with van der Waals surface area (Å²) in [5, 5.41) is 10.9. The Hall–Kier alpha value is -0.0800. The smallest absolute Gasteiger partial charge is 0.0355 e. The summed E-state index contributed by atoms with van der Waals surface area (Å²) in [7, 11) is 0. The van der Waals surface area contributed by atoms with Crippen molar-refractivity contribution >= 4 is 0 Å². The van der Waals surface area contributed by atoms with Gasteiger partial charge in [0.2, 0.25) is 0 Å². The van der Waals surface area contributed by atoms with Crippen molar-refractivity contribution in [1.82, 2.24) is 5.06 Å². The molecular weight excluding hydrogens is 126 g/mol. The molecule has 0 amide bonds. The lowest BCUT2D eigenvalue weighted by atomic mass is 9.94. The third-order valence-electron chi connectivity index (χ3n) is 3.17. The van der Waals surface area contributed by atoms with Crippen molar-refractivity contribution < 1.29 is 5.21 Å². The molecule has 58 valence electrons. The van der Waals surface area contributed by atoms with E-state index in [0.29, 0.717) is 6.04 Å². The molecule has 3 unspecified atom stereocenters. The highest BCUT2D eigenvalue weighted by Gasteiger charge is 2.38. The standard InChI is InChI=1S/C8H15NO/c1-6-4-8-5-7(6)2-3-9(8)10/h6-8,10H,2-5H2,1H3. The van der Waals surface area contributed by atoms with Gasteiger partial charge in [0.1, 0.15) is 0 Å². The maximum atomic E-state index is 9.35. The number of rotatable bonds is 0. The number of piperidine rings is 1. The lowest BCUT2D eigenvalue weighted by Gasteiger charge is -2.27. The highest BCUT2D eigenvalue weighted by Crippen LogP contribution is 2.39. The van der Waals surface area contributed by atoms with Gasteiger partial charge in [0.15, 0.2) is 0 Å². The van der Waals surface area contributed by atoms with E-state index in [1.807, 2.05) is 0 Å². The van der Waals surface area contributed by atoms with Crippen LogP contribution in [0, 0.1) is 11.8 Å². The van der Waals surface area contributed by atoms with Crippen molar-refractivity contribution in [3.8, 4) is 0 Å². The summed E-state index contributed by atoms with van der Waals surface area (Å²) >= 11 is 0. The van der Waals surface area contributed by atoms with Gasteiger partial charge in [-0.25, -0.2) is 0 Å². The molecule has 3 atom stereocenters. The van der Waals surface area contributed by atoms with Crippen LogP contribution in [0.4, 0.5) is 0 Å². The average molecular weight is 141 g/mol. The van der Waals surface area contributed by atoms with Crippen LogP contribution >= 0.6 is 0 Å². The molecule has 2 bridgehead atoms. The summed E-state index contributed by atoms with van der Waals surface area (Å²) in [4.78, 5) is 0. The average Bonchev–Trinajstić information content (AvgIpc) is 2.21. The first kappa shape index (κ1) is 6.62. The van der Waals surface area contributed by atoms with Crippen molar-refractivity contribution in [3.05, 3.63) is 0 Å². The van der Waals surface area contributed by atoms with Gasteiger partial charge in [-0.05, 0) is 31.1 Å². The van der Waals surface area contributed by atoms with Gasteiger partial charge < -0.3 is 5.21 Å². The molecule has 0 aromatic heterocycles. The van der Waals surface area contributed by atoms with Crippen LogP contribution in [0.3, 0.4) is 0 Å². The molecule has 2 aliphatic rings. The van der Waals surface area contributed by atoms with Gasteiger partial charge >= 0.3 is 0 Å². The molecule has 1 saturated heterocycles. The van der Waals surface area contributed by atoms with E-state index in [2.05, 4.69) is 6.92 Å². The monoisotopic (exact) mass is 141 g/mol. The van der Waals surface area contributed by atoms with E-state index in [0.717, 1.165) is 18.4 Å². The molecule has 0 aromatic rings. The van der Waals surface area contributed by atoms with E-state index < -0.39 is 0 Å². The van der Waals surface area contributed by atoms with Gasteiger partial charge in [-0.2, -0.15) is 5.06 Å². The van der Waals surface area contributed by atoms with Crippen LogP contribution in [-0.2, 0) is 0 Å². The predicted octanol–water partition coefficient (Wildman–Crippen LogP) is 1.50. The normalized spacial score (nSPS) is 48.0. The number of hydroxylamine groups is 2. The van der Waals surface area contributed by atoms with Crippen molar-refractivity contribution in [1.29, 1.82) is 0 Å². The van der Waals surface area contributed by atoms with Crippen LogP contribution in [0.15, 0.2) is 0 Å². The van der Waals surface area contributed by atoms with Crippen molar-refractivity contribution in [2.45, 2.75) is 32.2 Å². The molecule has 2 nitrogen and oxygen atoms in total. The van der Waals surface area contributed by atoms with E-state index in [9.17, 15) is 5.21 Å². The molecule has 0 radical (unpaired) electrons. The van der Waals surface area contributed by atoms with Crippen molar-refractivity contribution in [2.24, 2.45) is 11.8 Å². The Kier molecular flexibility index (Phi) is 1.46. The van der Waals surface area contributed by atoms with Gasteiger partial charge in [0.05, 0.1) is 0 Å². The lowest BCUT2D eigenvalue weighted by Crippen LogP contribution is -2.34. The molecule has 1 saturated carbocycles. The van der Waals surface area contributed by atoms with Gasteiger partial charge in [0, 0.05) is 12.6 Å². The second-order valence-corrected chi connectivity index (χ2v) is 3.81. The van der Waals surface area contributed by atoms with Crippen molar-refractivity contribution in [3.63, 3.8) is 0 Å². The zero-order valence-electron chi connectivity index (χ0n) is 6.45. The number of hydrogen-bond acceptors (Lipinski definition) is 2. The Morgan fingerprint density at radius 3 is 2.90 bits per heavy atom. The van der Waals surface area contributed by atoms with Crippen LogP contribution in [0.5, 0.6) is 0 Å². The second-order valence-electron chi connectivity index (χ2n) is 3.81. The topological polar surface area (TPSA) is 23.5 Å². The molecule has 0 aromatic carbocycles. The summed E-state index contributed by atoms with van der Waals surface area (Å²) in [6, 6.07) is 0.494. The molecule has 1 aliphatic carbocycles. The van der Waals surface area contributed by atoms with Gasteiger partial charge in [-0.3, -0.25) is 0 Å². The summed E-state index contributed by atoms with van der Waals surface area (Å²) < 4.78 is 0. The molecule has 1 heterocycles. The van der Waals surface area contributed by atoms with Crippen LogP contribution in [0.1, 0.15) is 26.2 Å². The van der Waals surface area contributed by atoms with E-state index in [-0.39, 0.29) is 0 Å². The third kappa shape index (κ3) is 0.867. The first-order valence-corrected chi connectivity index (χ1v) is 4.23. The molecule has 10 heavy (non-hydrogen) atoms. The van der Waals surface area contributed by atoms with Gasteiger partial charge in [0.25, 0.3) is 0 Å². The third-order valence-corrected chi connectivity index (χ3v) is 3.17. The Bertz CT molecular complexity index is 135. The molecule has 2 heteroatoms. The zero-order valence-corrected chi connectivity index (χ0v) is 6.45. The van der Waals surface area contributed by atoms with E-state index >= 15 is 0 Å². The fourth-order valence-electron chi connectivity index (χ4n) is 2.43. The largest absolute Gasteiger partial charge is 0.314 e. The van der Waals surface area contributed by atoms with Crippen molar-refractivity contribution in [2.75, 3.05) is 6.54 Å². The Morgan fingerprint density at radius 1 is 1.40 bits per heavy atom. The maximum absolute atomic E-state index is 9.35. The Balaban J connectivity index is 2.08. The molecule has 2 fully saturated rings. The molecule has 1 aliphatic heterocycles. The van der Waals surface area contributed by atoms with Gasteiger partial charge in [-0.1, -0.05) is 6.92 Å². The highest BCUT2D eigenvalue weighted by atomic mass is 16.5. The van der Waals surface area contributed by atoms with Crippen LogP contribution < -0.4 is 0 Å². The summed E-state index contributed by atoms with van der Waals surface area (Å²) in [5.74, 6) is 1.76. The SMILES string of the molecule is CC1CC2CC1CCN2O. The molecular formula is C8H15NO.